The Morgan fingerprint density at radius 1 is 1.33 bits per heavy atom. The number of primary amides is 2. The van der Waals surface area contributed by atoms with Gasteiger partial charge in [-0.15, -0.1) is 6.42 Å². The molecule has 0 saturated heterocycles. The van der Waals surface area contributed by atoms with Gasteiger partial charge >= 0.3 is 0 Å². The summed E-state index contributed by atoms with van der Waals surface area (Å²) in [7, 11) is 0. The summed E-state index contributed by atoms with van der Waals surface area (Å²) in [6.45, 7) is 3.28. The zero-order valence-corrected chi connectivity index (χ0v) is 10.2. The van der Waals surface area contributed by atoms with E-state index in [0.717, 1.165) is 0 Å². The van der Waals surface area contributed by atoms with Gasteiger partial charge < -0.3 is 16.2 Å². The zero-order valence-electron chi connectivity index (χ0n) is 10.2. The monoisotopic (exact) mass is 246 g/mol. The van der Waals surface area contributed by atoms with Crippen molar-refractivity contribution in [3.8, 4) is 18.1 Å². The van der Waals surface area contributed by atoms with E-state index >= 15 is 0 Å². The molecule has 0 fully saturated rings. The van der Waals surface area contributed by atoms with Crippen LogP contribution in [-0.4, -0.2) is 18.4 Å². The maximum atomic E-state index is 11.4. The van der Waals surface area contributed by atoms with Crippen LogP contribution in [0.4, 0.5) is 0 Å². The second kappa shape index (κ2) is 5.23. The topological polar surface area (TPSA) is 95.4 Å². The molecular formula is C13H14N2O3. The number of hydrogen-bond acceptors (Lipinski definition) is 3. The molecule has 0 aliphatic heterocycles. The minimum absolute atomic E-state index is 0.0254. The van der Waals surface area contributed by atoms with Crippen LogP contribution in [0.5, 0.6) is 5.75 Å². The summed E-state index contributed by atoms with van der Waals surface area (Å²) >= 11 is 0. The van der Waals surface area contributed by atoms with Gasteiger partial charge in [-0.3, -0.25) is 9.59 Å². The van der Waals surface area contributed by atoms with E-state index in [1.807, 2.05) is 0 Å². The van der Waals surface area contributed by atoms with E-state index in [0.29, 0.717) is 16.7 Å². The van der Waals surface area contributed by atoms with Crippen LogP contribution >= 0.6 is 0 Å². The van der Waals surface area contributed by atoms with Crippen LogP contribution < -0.4 is 16.2 Å². The molecule has 5 nitrogen and oxygen atoms in total. The van der Waals surface area contributed by atoms with Gasteiger partial charge in [0.2, 0.25) is 5.91 Å². The Hall–Kier alpha value is -2.48. The van der Waals surface area contributed by atoms with E-state index in [9.17, 15) is 9.59 Å². The molecule has 0 spiro atoms. The fourth-order valence-corrected chi connectivity index (χ4v) is 1.83. The SMILES string of the molecule is C#CCOc1c(C(N)=O)cc(C)c(C(N)=O)c1C. The number of amides is 2. The van der Waals surface area contributed by atoms with Crippen molar-refractivity contribution in [1.82, 2.24) is 0 Å². The first-order chi connectivity index (χ1) is 8.40. The molecule has 4 N–H and O–H groups in total. The van der Waals surface area contributed by atoms with Crippen LogP contribution in [0, 0.1) is 26.2 Å². The van der Waals surface area contributed by atoms with Crippen molar-refractivity contribution in [2.24, 2.45) is 11.5 Å². The highest BCUT2D eigenvalue weighted by atomic mass is 16.5. The number of ether oxygens (including phenoxy) is 1. The van der Waals surface area contributed by atoms with Gasteiger partial charge in [-0.25, -0.2) is 0 Å². The molecular weight excluding hydrogens is 232 g/mol. The summed E-state index contributed by atoms with van der Waals surface area (Å²) in [6, 6.07) is 1.47. The highest BCUT2D eigenvalue weighted by Gasteiger charge is 2.20. The molecule has 0 atom stereocenters. The highest BCUT2D eigenvalue weighted by molar-refractivity contribution is 6.01. The van der Waals surface area contributed by atoms with E-state index in [1.54, 1.807) is 13.8 Å². The molecule has 0 radical (unpaired) electrons. The minimum Gasteiger partial charge on any atom is -0.480 e. The van der Waals surface area contributed by atoms with Crippen LogP contribution in [-0.2, 0) is 0 Å². The molecule has 1 aromatic rings. The fourth-order valence-electron chi connectivity index (χ4n) is 1.83. The van der Waals surface area contributed by atoms with Crippen LogP contribution in [0.2, 0.25) is 0 Å². The van der Waals surface area contributed by atoms with Crippen molar-refractivity contribution in [2.45, 2.75) is 13.8 Å². The first-order valence-corrected chi connectivity index (χ1v) is 5.20. The molecule has 0 heterocycles. The van der Waals surface area contributed by atoms with Crippen LogP contribution in [0.3, 0.4) is 0 Å². The highest BCUT2D eigenvalue weighted by Crippen LogP contribution is 2.29. The quantitative estimate of drug-likeness (QED) is 0.758. The molecule has 1 rings (SSSR count). The molecule has 0 unspecified atom stereocenters. The Morgan fingerprint density at radius 2 is 1.94 bits per heavy atom. The maximum Gasteiger partial charge on any atom is 0.252 e. The van der Waals surface area contributed by atoms with Gasteiger partial charge in [0.1, 0.15) is 12.4 Å². The second-order valence-electron chi connectivity index (χ2n) is 3.79. The molecule has 94 valence electrons. The lowest BCUT2D eigenvalue weighted by molar-refractivity contribution is 0.0984. The lowest BCUT2D eigenvalue weighted by Gasteiger charge is -2.15. The van der Waals surface area contributed by atoms with Crippen molar-refractivity contribution in [3.63, 3.8) is 0 Å². The van der Waals surface area contributed by atoms with E-state index in [-0.39, 0.29) is 17.9 Å². The molecule has 0 bridgehead atoms. The third-order valence-electron chi connectivity index (χ3n) is 2.53. The van der Waals surface area contributed by atoms with Crippen LogP contribution in [0.15, 0.2) is 6.07 Å². The number of nitrogens with two attached hydrogens (primary N) is 2. The Kier molecular flexibility index (Phi) is 3.95. The predicted molar refractivity (Wildman–Crippen MR) is 67.3 cm³/mol. The number of hydrogen-bond donors (Lipinski definition) is 2. The van der Waals surface area contributed by atoms with Crippen molar-refractivity contribution in [3.05, 3.63) is 28.3 Å². The number of benzene rings is 1. The number of rotatable bonds is 4. The van der Waals surface area contributed by atoms with E-state index < -0.39 is 11.8 Å². The molecule has 0 aromatic heterocycles. The average Bonchev–Trinajstić information content (AvgIpc) is 2.26. The normalized spacial score (nSPS) is 9.61. The van der Waals surface area contributed by atoms with E-state index in [4.69, 9.17) is 22.6 Å². The molecule has 0 aliphatic rings. The first kappa shape index (κ1) is 13.6. The predicted octanol–water partition coefficient (Wildman–Crippen LogP) is 0.513. The molecule has 1 aromatic carbocycles. The van der Waals surface area contributed by atoms with Crippen molar-refractivity contribution < 1.29 is 14.3 Å². The third kappa shape index (κ3) is 2.43. The van der Waals surface area contributed by atoms with Gasteiger partial charge in [-0.2, -0.15) is 0 Å². The summed E-state index contributed by atoms with van der Waals surface area (Å²) in [5, 5.41) is 0. The average molecular weight is 246 g/mol. The first-order valence-electron chi connectivity index (χ1n) is 5.20. The van der Waals surface area contributed by atoms with Gasteiger partial charge in [0, 0.05) is 11.1 Å². The summed E-state index contributed by atoms with van der Waals surface area (Å²) in [5.74, 6) is 1.25. The van der Waals surface area contributed by atoms with Crippen LogP contribution in [0.1, 0.15) is 31.8 Å². The van der Waals surface area contributed by atoms with Crippen molar-refractivity contribution in [2.75, 3.05) is 6.61 Å². The van der Waals surface area contributed by atoms with Gasteiger partial charge in [-0.1, -0.05) is 5.92 Å². The van der Waals surface area contributed by atoms with Crippen LogP contribution in [0.25, 0.3) is 0 Å². The molecule has 5 heteroatoms. The molecule has 0 saturated carbocycles. The minimum atomic E-state index is -0.649. The van der Waals surface area contributed by atoms with Crippen molar-refractivity contribution in [1.29, 1.82) is 0 Å². The Labute approximate surface area is 105 Å². The standard InChI is InChI=1S/C13H14N2O3/c1-4-5-18-11-8(3)10(13(15)17)7(2)6-9(11)12(14)16/h1,6H,5H2,2-3H3,(H2,14,16)(H2,15,17). The van der Waals surface area contributed by atoms with Crippen molar-refractivity contribution >= 4 is 11.8 Å². The van der Waals surface area contributed by atoms with E-state index in [1.165, 1.54) is 6.07 Å². The van der Waals surface area contributed by atoms with Gasteiger partial charge in [0.05, 0.1) is 5.56 Å². The molecule has 18 heavy (non-hydrogen) atoms. The fraction of sp³-hybridized carbons (Fsp3) is 0.231. The van der Waals surface area contributed by atoms with Gasteiger partial charge in [0.25, 0.3) is 5.91 Å². The second-order valence-corrected chi connectivity index (χ2v) is 3.79. The Balaban J connectivity index is 3.52. The number of aryl methyl sites for hydroxylation is 1. The zero-order chi connectivity index (χ0) is 13.9. The number of terminal acetylenes is 1. The Morgan fingerprint density at radius 3 is 2.39 bits per heavy atom. The smallest absolute Gasteiger partial charge is 0.252 e. The summed E-state index contributed by atoms with van der Waals surface area (Å²) in [4.78, 5) is 22.7. The lowest BCUT2D eigenvalue weighted by Crippen LogP contribution is -2.19. The third-order valence-corrected chi connectivity index (χ3v) is 2.53. The summed E-state index contributed by atoms with van der Waals surface area (Å²) in [5.41, 5.74) is 12.1. The number of carbonyl (C=O) groups is 2. The summed E-state index contributed by atoms with van der Waals surface area (Å²) in [6.07, 6.45) is 5.10. The largest absolute Gasteiger partial charge is 0.480 e. The van der Waals surface area contributed by atoms with E-state index in [2.05, 4.69) is 5.92 Å². The lowest BCUT2D eigenvalue weighted by atomic mass is 9.97. The maximum absolute atomic E-state index is 11.4. The molecule has 0 aliphatic carbocycles. The summed E-state index contributed by atoms with van der Waals surface area (Å²) < 4.78 is 5.28. The Bertz CT molecular complexity index is 556. The molecule has 2 amide bonds. The van der Waals surface area contributed by atoms with Gasteiger partial charge in [-0.05, 0) is 25.5 Å². The number of carbonyl (C=O) groups excluding carboxylic acids is 2. The van der Waals surface area contributed by atoms with Gasteiger partial charge in [0.15, 0.2) is 0 Å².